The Morgan fingerprint density at radius 2 is 2.00 bits per heavy atom. The van der Waals surface area contributed by atoms with Gasteiger partial charge in [0.25, 0.3) is 0 Å². The van der Waals surface area contributed by atoms with Crippen molar-refractivity contribution in [1.82, 2.24) is 4.98 Å². The summed E-state index contributed by atoms with van der Waals surface area (Å²) >= 11 is -1.43. The van der Waals surface area contributed by atoms with Crippen molar-refractivity contribution >= 4 is 22.1 Å². The van der Waals surface area contributed by atoms with E-state index in [2.05, 4.69) is 4.98 Å². The Morgan fingerprint density at radius 3 is 2.56 bits per heavy atom. The molecular weight excluding hydrogens is 239 g/mol. The van der Waals surface area contributed by atoms with Crippen molar-refractivity contribution in [1.29, 1.82) is 0 Å². The standard InChI is InChI=1S/C10H8F3NOS/c1-16(15)6-4-8(10(11,12)13)7-2-3-14-9(7)5-6/h2-5,14H,1H3. The summed E-state index contributed by atoms with van der Waals surface area (Å²) in [6, 6.07) is 3.77. The molecule has 16 heavy (non-hydrogen) atoms. The van der Waals surface area contributed by atoms with Crippen LogP contribution in [0.4, 0.5) is 13.2 Å². The van der Waals surface area contributed by atoms with Gasteiger partial charge in [-0.1, -0.05) is 0 Å². The fourth-order valence-electron chi connectivity index (χ4n) is 1.54. The summed E-state index contributed by atoms with van der Waals surface area (Å²) in [6.45, 7) is 0. The van der Waals surface area contributed by atoms with Crippen LogP contribution in [0, 0.1) is 0 Å². The Balaban J connectivity index is 2.74. The fourth-order valence-corrected chi connectivity index (χ4v) is 2.11. The number of hydrogen-bond donors (Lipinski definition) is 1. The second-order valence-electron chi connectivity index (χ2n) is 3.36. The number of aromatic amines is 1. The van der Waals surface area contributed by atoms with E-state index in [-0.39, 0.29) is 10.3 Å². The molecule has 1 heterocycles. The van der Waals surface area contributed by atoms with Gasteiger partial charge in [0.2, 0.25) is 0 Å². The fraction of sp³-hybridized carbons (Fsp3) is 0.200. The van der Waals surface area contributed by atoms with Crippen molar-refractivity contribution in [3.63, 3.8) is 0 Å². The molecule has 0 aliphatic carbocycles. The molecule has 0 aliphatic heterocycles. The number of H-pyrrole nitrogens is 1. The normalized spacial score (nSPS) is 14.3. The summed E-state index contributed by atoms with van der Waals surface area (Å²) in [7, 11) is 0. The highest BCUT2D eigenvalue weighted by atomic mass is 32.2. The summed E-state index contributed by atoms with van der Waals surface area (Å²) in [5.74, 6) is 0. The van der Waals surface area contributed by atoms with Gasteiger partial charge in [0, 0.05) is 23.7 Å². The third-order valence-corrected chi connectivity index (χ3v) is 3.18. The summed E-state index contributed by atoms with van der Waals surface area (Å²) in [5, 5.41) is 0.0988. The smallest absolute Gasteiger partial charge is 0.417 e. The van der Waals surface area contributed by atoms with E-state index in [9.17, 15) is 17.7 Å². The second kappa shape index (κ2) is 3.71. The Morgan fingerprint density at radius 1 is 1.31 bits per heavy atom. The van der Waals surface area contributed by atoms with Gasteiger partial charge in [0.15, 0.2) is 4.90 Å². The van der Waals surface area contributed by atoms with Crippen LogP contribution in [0.3, 0.4) is 0 Å². The zero-order chi connectivity index (χ0) is 11.9. The highest BCUT2D eigenvalue weighted by Gasteiger charge is 2.34. The summed E-state index contributed by atoms with van der Waals surface area (Å²) < 4.78 is 49.4. The lowest BCUT2D eigenvalue weighted by Crippen LogP contribution is -2.08. The van der Waals surface area contributed by atoms with Gasteiger partial charge >= 0.3 is 6.18 Å². The number of benzene rings is 1. The number of aromatic nitrogens is 1. The van der Waals surface area contributed by atoms with E-state index in [0.717, 1.165) is 6.07 Å². The lowest BCUT2D eigenvalue weighted by atomic mass is 10.1. The van der Waals surface area contributed by atoms with Gasteiger partial charge in [0.05, 0.1) is 11.1 Å². The molecule has 2 rings (SSSR count). The number of hydrogen-bond acceptors (Lipinski definition) is 1. The highest BCUT2D eigenvalue weighted by molar-refractivity contribution is 7.90. The van der Waals surface area contributed by atoms with Crippen LogP contribution in [0.1, 0.15) is 5.56 Å². The van der Waals surface area contributed by atoms with E-state index in [1.807, 2.05) is 0 Å². The summed E-state index contributed by atoms with van der Waals surface area (Å²) in [6.07, 6.45) is -1.65. The maximum absolute atomic E-state index is 12.7. The minimum Gasteiger partial charge on any atom is -0.612 e. The van der Waals surface area contributed by atoms with Gasteiger partial charge in [-0.3, -0.25) is 0 Å². The lowest BCUT2D eigenvalue weighted by Gasteiger charge is -2.11. The van der Waals surface area contributed by atoms with Gasteiger partial charge in [0.1, 0.15) is 6.26 Å². The second-order valence-corrected chi connectivity index (χ2v) is 4.74. The molecule has 0 amide bonds. The monoisotopic (exact) mass is 247 g/mol. The topological polar surface area (TPSA) is 38.8 Å². The average molecular weight is 247 g/mol. The minimum absolute atomic E-state index is 0.0988. The number of rotatable bonds is 1. The molecule has 1 aromatic carbocycles. The van der Waals surface area contributed by atoms with E-state index in [1.54, 1.807) is 0 Å². The van der Waals surface area contributed by atoms with Crippen molar-refractivity contribution in [2.24, 2.45) is 0 Å². The molecular formula is C10H8F3NOS. The average Bonchev–Trinajstić information content (AvgIpc) is 2.61. The summed E-state index contributed by atoms with van der Waals surface area (Å²) in [4.78, 5) is 2.86. The zero-order valence-corrected chi connectivity index (χ0v) is 9.08. The number of halogens is 3. The first kappa shape index (κ1) is 11.3. The molecule has 0 spiro atoms. The maximum atomic E-state index is 12.7. The molecule has 0 saturated carbocycles. The van der Waals surface area contributed by atoms with E-state index in [4.69, 9.17) is 0 Å². The van der Waals surface area contributed by atoms with Crippen molar-refractivity contribution in [2.75, 3.05) is 6.26 Å². The van der Waals surface area contributed by atoms with Gasteiger partial charge in [-0.15, -0.1) is 0 Å². The van der Waals surface area contributed by atoms with Crippen LogP contribution in [-0.4, -0.2) is 15.8 Å². The third-order valence-electron chi connectivity index (χ3n) is 2.28. The Kier molecular flexibility index (Phi) is 2.63. The molecule has 0 fully saturated rings. The molecule has 1 atom stereocenters. The van der Waals surface area contributed by atoms with Crippen LogP contribution in [0.25, 0.3) is 10.9 Å². The molecule has 6 heteroatoms. The van der Waals surface area contributed by atoms with E-state index in [1.165, 1.54) is 24.6 Å². The molecule has 2 aromatic rings. The minimum atomic E-state index is -4.43. The Bertz CT molecular complexity index is 518. The van der Waals surface area contributed by atoms with Gasteiger partial charge in [-0.2, -0.15) is 13.2 Å². The largest absolute Gasteiger partial charge is 0.612 e. The molecule has 1 unspecified atom stereocenters. The predicted molar refractivity (Wildman–Crippen MR) is 55.6 cm³/mol. The van der Waals surface area contributed by atoms with E-state index < -0.39 is 22.9 Å². The van der Waals surface area contributed by atoms with Crippen molar-refractivity contribution in [2.45, 2.75) is 11.1 Å². The molecule has 1 N–H and O–H groups in total. The highest BCUT2D eigenvalue weighted by Crippen LogP contribution is 2.36. The van der Waals surface area contributed by atoms with Crippen LogP contribution in [0.2, 0.25) is 0 Å². The third kappa shape index (κ3) is 1.90. The number of alkyl halides is 3. The van der Waals surface area contributed by atoms with Crippen LogP contribution in [0.5, 0.6) is 0 Å². The van der Waals surface area contributed by atoms with Gasteiger partial charge in [-0.25, -0.2) is 0 Å². The Hall–Kier alpha value is -1.14. The van der Waals surface area contributed by atoms with E-state index >= 15 is 0 Å². The molecule has 0 saturated heterocycles. The Labute approximate surface area is 92.6 Å². The molecule has 0 radical (unpaired) electrons. The van der Waals surface area contributed by atoms with E-state index in [0.29, 0.717) is 5.52 Å². The maximum Gasteiger partial charge on any atom is 0.417 e. The number of fused-ring (bicyclic) bond motifs is 1. The predicted octanol–water partition coefficient (Wildman–Crippen LogP) is 2.92. The number of nitrogens with one attached hydrogen (secondary N) is 1. The van der Waals surface area contributed by atoms with Crippen molar-refractivity contribution < 1.29 is 17.7 Å². The SMILES string of the molecule is C[S+]([O-])c1cc(C(F)(F)F)c2cc[nH]c2c1. The lowest BCUT2D eigenvalue weighted by molar-refractivity contribution is -0.136. The van der Waals surface area contributed by atoms with Crippen LogP contribution < -0.4 is 0 Å². The molecule has 86 valence electrons. The van der Waals surface area contributed by atoms with Gasteiger partial charge < -0.3 is 9.54 Å². The molecule has 2 nitrogen and oxygen atoms in total. The first-order valence-corrected chi connectivity index (χ1v) is 5.97. The first-order chi connectivity index (χ1) is 7.39. The molecule has 0 aliphatic rings. The van der Waals surface area contributed by atoms with Crippen molar-refractivity contribution in [3.8, 4) is 0 Å². The molecule has 1 aromatic heterocycles. The first-order valence-electron chi connectivity index (χ1n) is 4.41. The van der Waals surface area contributed by atoms with Gasteiger partial charge in [-0.05, 0) is 17.2 Å². The van der Waals surface area contributed by atoms with Crippen molar-refractivity contribution in [3.05, 3.63) is 30.0 Å². The molecule has 0 bridgehead atoms. The summed E-state index contributed by atoms with van der Waals surface area (Å²) in [5.41, 5.74) is -0.406. The van der Waals surface area contributed by atoms with Crippen LogP contribution in [-0.2, 0) is 17.4 Å². The quantitative estimate of drug-likeness (QED) is 0.773. The van der Waals surface area contributed by atoms with Crippen LogP contribution in [0.15, 0.2) is 29.3 Å². The van der Waals surface area contributed by atoms with Crippen LogP contribution >= 0.6 is 0 Å². The zero-order valence-electron chi connectivity index (χ0n) is 8.26.